The van der Waals surface area contributed by atoms with Crippen LogP contribution in [0.5, 0.6) is 5.75 Å². The molecular weight excluding hydrogens is 506 g/mol. The lowest BCUT2D eigenvalue weighted by Gasteiger charge is -2.23. The number of halogens is 2. The Bertz CT molecular complexity index is 1820. The standard InChI is InChI=1S/C33H30F2N4O/c1-18-3-5-24-26-7-9-36-30(32(26)38-28(24)11-18)14-20(19-12-21(34)16-22(35)13-19)15-31-33-27(8-10-37-31)25-6-4-23(40-2)17-29(25)39-33/h3-6,11-13,16-17,20,38-39H,7-10,14-15H2,1-2H3. The first kappa shape index (κ1) is 24.8. The molecule has 7 rings (SSSR count). The van der Waals surface area contributed by atoms with E-state index < -0.39 is 11.6 Å². The molecule has 0 saturated carbocycles. The summed E-state index contributed by atoms with van der Waals surface area (Å²) in [7, 11) is 1.66. The van der Waals surface area contributed by atoms with E-state index >= 15 is 0 Å². The molecule has 0 aliphatic carbocycles. The van der Waals surface area contributed by atoms with Crippen molar-refractivity contribution in [2.24, 2.45) is 9.98 Å². The Morgan fingerprint density at radius 2 is 1.35 bits per heavy atom. The monoisotopic (exact) mass is 536 g/mol. The van der Waals surface area contributed by atoms with Crippen molar-refractivity contribution in [3.05, 3.63) is 99.9 Å². The van der Waals surface area contributed by atoms with Gasteiger partial charge in [0, 0.05) is 47.0 Å². The van der Waals surface area contributed by atoms with Crippen LogP contribution in [0.3, 0.4) is 0 Å². The molecule has 40 heavy (non-hydrogen) atoms. The molecule has 0 spiro atoms. The molecule has 0 radical (unpaired) electrons. The third-order valence-corrected chi connectivity index (χ3v) is 8.32. The van der Waals surface area contributed by atoms with E-state index in [1.54, 1.807) is 7.11 Å². The summed E-state index contributed by atoms with van der Waals surface area (Å²) < 4.78 is 34.4. The summed E-state index contributed by atoms with van der Waals surface area (Å²) >= 11 is 0. The number of nitrogens with zero attached hydrogens (tertiary/aromatic N) is 2. The number of aliphatic imine (C=N–C) groups is 2. The molecule has 5 nitrogen and oxygen atoms in total. The maximum absolute atomic E-state index is 14.5. The number of aromatic nitrogens is 2. The molecule has 4 heterocycles. The Labute approximate surface area is 231 Å². The lowest BCUT2D eigenvalue weighted by molar-refractivity contribution is 0.415. The van der Waals surface area contributed by atoms with Gasteiger partial charge in [-0.25, -0.2) is 8.78 Å². The third-order valence-electron chi connectivity index (χ3n) is 8.32. The molecule has 2 aliphatic heterocycles. The maximum atomic E-state index is 14.5. The molecule has 5 aromatic rings. The van der Waals surface area contributed by atoms with Crippen LogP contribution in [-0.4, -0.2) is 41.6 Å². The second kappa shape index (κ2) is 9.73. The van der Waals surface area contributed by atoms with E-state index in [0.29, 0.717) is 31.5 Å². The van der Waals surface area contributed by atoms with Crippen molar-refractivity contribution in [1.29, 1.82) is 0 Å². The molecule has 0 bridgehead atoms. The average molecular weight is 537 g/mol. The minimum Gasteiger partial charge on any atom is -0.497 e. The van der Waals surface area contributed by atoms with E-state index in [-0.39, 0.29) is 5.92 Å². The SMILES string of the molecule is COc1ccc2c3c([nH]c2c1)C(CC(CC1=NCCc2c1[nH]c1cc(C)ccc21)c1cc(F)cc(F)c1)=NCC3. The van der Waals surface area contributed by atoms with Gasteiger partial charge in [-0.05, 0) is 91.1 Å². The molecule has 0 fully saturated rings. The number of ether oxygens (including phenoxy) is 1. The van der Waals surface area contributed by atoms with Crippen molar-refractivity contribution in [1.82, 2.24) is 9.97 Å². The van der Waals surface area contributed by atoms with Crippen molar-refractivity contribution < 1.29 is 13.5 Å². The second-order valence-electron chi connectivity index (χ2n) is 10.9. The van der Waals surface area contributed by atoms with Crippen molar-refractivity contribution in [2.45, 2.75) is 38.5 Å². The van der Waals surface area contributed by atoms with E-state index in [0.717, 1.165) is 63.9 Å². The summed E-state index contributed by atoms with van der Waals surface area (Å²) in [4.78, 5) is 17.0. The highest BCUT2D eigenvalue weighted by Crippen LogP contribution is 2.36. The van der Waals surface area contributed by atoms with Gasteiger partial charge in [-0.2, -0.15) is 0 Å². The fourth-order valence-corrected chi connectivity index (χ4v) is 6.43. The van der Waals surface area contributed by atoms with Crippen LogP contribution in [-0.2, 0) is 12.8 Å². The van der Waals surface area contributed by atoms with Gasteiger partial charge in [0.25, 0.3) is 0 Å². The van der Waals surface area contributed by atoms with Gasteiger partial charge >= 0.3 is 0 Å². The molecular formula is C33H30F2N4O. The van der Waals surface area contributed by atoms with Gasteiger partial charge < -0.3 is 14.7 Å². The topological polar surface area (TPSA) is 65.5 Å². The minimum atomic E-state index is -0.573. The zero-order valence-corrected chi connectivity index (χ0v) is 22.6. The van der Waals surface area contributed by atoms with E-state index in [1.165, 1.54) is 34.2 Å². The van der Waals surface area contributed by atoms with Crippen LogP contribution < -0.4 is 4.74 Å². The Kier molecular flexibility index (Phi) is 6.02. The zero-order valence-electron chi connectivity index (χ0n) is 22.6. The van der Waals surface area contributed by atoms with E-state index in [4.69, 9.17) is 14.7 Å². The number of H-pyrrole nitrogens is 2. The summed E-state index contributed by atoms with van der Waals surface area (Å²) in [5.41, 5.74) is 10.3. The molecule has 2 N–H and O–H groups in total. The van der Waals surface area contributed by atoms with Gasteiger partial charge in [0.05, 0.1) is 29.9 Å². The van der Waals surface area contributed by atoms with Gasteiger partial charge in [-0.1, -0.05) is 12.1 Å². The number of aromatic amines is 2. The van der Waals surface area contributed by atoms with Crippen LogP contribution in [0.2, 0.25) is 0 Å². The summed E-state index contributed by atoms with van der Waals surface area (Å²) in [6.45, 7) is 3.46. The summed E-state index contributed by atoms with van der Waals surface area (Å²) in [5.74, 6) is -0.571. The largest absolute Gasteiger partial charge is 0.497 e. The fourth-order valence-electron chi connectivity index (χ4n) is 6.43. The van der Waals surface area contributed by atoms with Gasteiger partial charge in [0.15, 0.2) is 0 Å². The predicted molar refractivity (Wildman–Crippen MR) is 156 cm³/mol. The van der Waals surface area contributed by atoms with Crippen LogP contribution in [0, 0.1) is 18.6 Å². The van der Waals surface area contributed by atoms with Gasteiger partial charge in [-0.3, -0.25) is 9.98 Å². The molecule has 0 amide bonds. The Balaban J connectivity index is 1.28. The Hall–Kier alpha value is -4.26. The van der Waals surface area contributed by atoms with Crippen LogP contribution in [0.15, 0.2) is 64.6 Å². The predicted octanol–water partition coefficient (Wildman–Crippen LogP) is 7.20. The quantitative estimate of drug-likeness (QED) is 0.237. The first-order valence-electron chi connectivity index (χ1n) is 13.8. The van der Waals surface area contributed by atoms with Gasteiger partial charge in [0.1, 0.15) is 17.4 Å². The molecule has 0 saturated heterocycles. The number of benzene rings is 3. The normalized spacial score (nSPS) is 15.5. The van der Waals surface area contributed by atoms with Crippen molar-refractivity contribution in [2.75, 3.05) is 20.2 Å². The number of rotatable bonds is 6. The van der Waals surface area contributed by atoms with Crippen molar-refractivity contribution >= 4 is 33.2 Å². The van der Waals surface area contributed by atoms with Crippen LogP contribution in [0.1, 0.15) is 52.4 Å². The van der Waals surface area contributed by atoms with Gasteiger partial charge in [-0.15, -0.1) is 0 Å². The Morgan fingerprint density at radius 3 is 1.95 bits per heavy atom. The molecule has 7 heteroatoms. The lowest BCUT2D eigenvalue weighted by Crippen LogP contribution is -2.20. The molecule has 1 atom stereocenters. The molecule has 3 aromatic carbocycles. The molecule has 202 valence electrons. The zero-order chi connectivity index (χ0) is 27.4. The summed E-state index contributed by atoms with van der Waals surface area (Å²) in [6.07, 6.45) is 2.79. The number of fused-ring (bicyclic) bond motifs is 6. The minimum absolute atomic E-state index is 0.214. The van der Waals surface area contributed by atoms with E-state index in [1.807, 2.05) is 12.1 Å². The van der Waals surface area contributed by atoms with Crippen LogP contribution >= 0.6 is 0 Å². The number of hydrogen-bond acceptors (Lipinski definition) is 3. The maximum Gasteiger partial charge on any atom is 0.126 e. The highest BCUT2D eigenvalue weighted by atomic mass is 19.1. The number of aryl methyl sites for hydroxylation is 1. The molecule has 1 unspecified atom stereocenters. The number of methoxy groups -OCH3 is 1. The van der Waals surface area contributed by atoms with Crippen LogP contribution in [0.4, 0.5) is 8.78 Å². The number of hydrogen-bond donors (Lipinski definition) is 2. The Morgan fingerprint density at radius 1 is 0.775 bits per heavy atom. The average Bonchev–Trinajstić information content (AvgIpc) is 3.50. The van der Waals surface area contributed by atoms with Crippen molar-refractivity contribution in [3.8, 4) is 5.75 Å². The first-order chi connectivity index (χ1) is 19.5. The van der Waals surface area contributed by atoms with E-state index in [9.17, 15) is 8.78 Å². The second-order valence-corrected chi connectivity index (χ2v) is 10.9. The molecule has 2 aliphatic rings. The smallest absolute Gasteiger partial charge is 0.126 e. The highest BCUT2D eigenvalue weighted by molar-refractivity contribution is 6.09. The summed E-state index contributed by atoms with van der Waals surface area (Å²) in [6, 6.07) is 16.4. The van der Waals surface area contributed by atoms with Crippen molar-refractivity contribution in [3.63, 3.8) is 0 Å². The number of nitrogens with one attached hydrogen (secondary N) is 2. The highest BCUT2D eigenvalue weighted by Gasteiger charge is 2.28. The van der Waals surface area contributed by atoms with E-state index in [2.05, 4.69) is 41.2 Å². The summed E-state index contributed by atoms with van der Waals surface area (Å²) in [5, 5.41) is 2.38. The first-order valence-corrected chi connectivity index (χ1v) is 13.8. The van der Waals surface area contributed by atoms with Crippen LogP contribution in [0.25, 0.3) is 21.8 Å². The fraction of sp³-hybridized carbons (Fsp3) is 0.273. The molecule has 2 aromatic heterocycles. The van der Waals surface area contributed by atoms with Gasteiger partial charge in [0.2, 0.25) is 0 Å². The third kappa shape index (κ3) is 4.30. The lowest BCUT2D eigenvalue weighted by atomic mass is 9.84.